The maximum absolute atomic E-state index is 12.3. The Hall–Kier alpha value is -2.78. The Kier molecular flexibility index (Phi) is 6.95. The number of hydrogen-bond acceptors (Lipinski definition) is 8. The number of benzene rings is 2. The van der Waals surface area contributed by atoms with Gasteiger partial charge in [0.25, 0.3) is 0 Å². The fraction of sp³-hybridized carbons (Fsp3) is 0.333. The van der Waals surface area contributed by atoms with E-state index in [1.165, 1.54) is 7.11 Å². The van der Waals surface area contributed by atoms with E-state index in [4.69, 9.17) is 18.9 Å². The van der Waals surface area contributed by atoms with Gasteiger partial charge in [0, 0.05) is 7.11 Å². The van der Waals surface area contributed by atoms with Gasteiger partial charge in [0.05, 0.1) is 11.1 Å². The highest BCUT2D eigenvalue weighted by atomic mass is 16.7. The van der Waals surface area contributed by atoms with Crippen LogP contribution in [0.5, 0.6) is 0 Å². The Morgan fingerprint density at radius 1 is 0.897 bits per heavy atom. The van der Waals surface area contributed by atoms with Gasteiger partial charge >= 0.3 is 11.9 Å². The molecule has 0 bridgehead atoms. The highest BCUT2D eigenvalue weighted by molar-refractivity contribution is 5.89. The molecule has 1 aliphatic heterocycles. The summed E-state index contributed by atoms with van der Waals surface area (Å²) in [7, 11) is 1.30. The quantitative estimate of drug-likeness (QED) is 0.693. The van der Waals surface area contributed by atoms with E-state index in [9.17, 15) is 19.8 Å². The number of esters is 2. The second-order valence-electron chi connectivity index (χ2n) is 6.46. The van der Waals surface area contributed by atoms with Crippen molar-refractivity contribution in [2.24, 2.45) is 0 Å². The second-order valence-corrected chi connectivity index (χ2v) is 6.46. The number of ether oxygens (including phenoxy) is 4. The molecular formula is C21H22O8. The van der Waals surface area contributed by atoms with E-state index in [1.54, 1.807) is 60.7 Å². The van der Waals surface area contributed by atoms with E-state index in [1.807, 2.05) is 0 Å². The highest BCUT2D eigenvalue weighted by Crippen LogP contribution is 2.25. The Labute approximate surface area is 167 Å². The molecule has 8 nitrogen and oxygen atoms in total. The van der Waals surface area contributed by atoms with Gasteiger partial charge in [-0.2, -0.15) is 0 Å². The minimum atomic E-state index is -1.44. The number of carbonyl (C=O) groups excluding carboxylic acids is 2. The molecule has 0 amide bonds. The lowest BCUT2D eigenvalue weighted by molar-refractivity contribution is -0.293. The average Bonchev–Trinajstić information content (AvgIpc) is 2.77. The predicted octanol–water partition coefficient (Wildman–Crippen LogP) is 1.16. The first-order chi connectivity index (χ1) is 14.0. The van der Waals surface area contributed by atoms with E-state index in [0.29, 0.717) is 5.56 Å². The van der Waals surface area contributed by atoms with Gasteiger partial charge in [-0.05, 0) is 24.3 Å². The first kappa shape index (κ1) is 20.9. The molecule has 1 heterocycles. The van der Waals surface area contributed by atoms with Crippen molar-refractivity contribution in [2.45, 2.75) is 30.7 Å². The minimum absolute atomic E-state index is 0.263. The molecule has 0 aliphatic carbocycles. The summed E-state index contributed by atoms with van der Waals surface area (Å²) in [5.74, 6) is -1.31. The zero-order chi connectivity index (χ0) is 20.8. The number of carbonyl (C=O) groups is 2. The molecule has 2 N–H and O–H groups in total. The van der Waals surface area contributed by atoms with Gasteiger partial charge < -0.3 is 29.2 Å². The van der Waals surface area contributed by atoms with E-state index < -0.39 is 42.6 Å². The zero-order valence-corrected chi connectivity index (χ0v) is 15.7. The standard InChI is InChI=1S/C21H22O8/c1-26-21-17(23)18(29-20(25)14-10-6-3-7-11-14)16(22)15(28-21)12-27-19(24)13-8-4-2-5-9-13/h2-11,15-18,21-23H,12H2,1H3/t15-,16-,17+,18+,21-/m1/s1. The van der Waals surface area contributed by atoms with Crippen LogP contribution in [0.1, 0.15) is 20.7 Å². The zero-order valence-electron chi connectivity index (χ0n) is 15.7. The molecular weight excluding hydrogens is 380 g/mol. The number of methoxy groups -OCH3 is 1. The van der Waals surface area contributed by atoms with Crippen LogP contribution in [0.15, 0.2) is 60.7 Å². The van der Waals surface area contributed by atoms with Gasteiger partial charge in [0.15, 0.2) is 12.4 Å². The average molecular weight is 402 g/mol. The van der Waals surface area contributed by atoms with Crippen LogP contribution >= 0.6 is 0 Å². The van der Waals surface area contributed by atoms with Crippen LogP contribution in [0.4, 0.5) is 0 Å². The number of aliphatic hydroxyl groups is 2. The molecule has 0 aromatic heterocycles. The van der Waals surface area contributed by atoms with Crippen LogP contribution in [0, 0.1) is 0 Å². The lowest BCUT2D eigenvalue weighted by Crippen LogP contribution is -2.60. The maximum atomic E-state index is 12.3. The molecule has 29 heavy (non-hydrogen) atoms. The van der Waals surface area contributed by atoms with Crippen LogP contribution in [-0.2, 0) is 18.9 Å². The molecule has 0 radical (unpaired) electrons. The Morgan fingerprint density at radius 3 is 2.00 bits per heavy atom. The van der Waals surface area contributed by atoms with Crippen molar-refractivity contribution in [1.29, 1.82) is 0 Å². The van der Waals surface area contributed by atoms with Crippen molar-refractivity contribution in [1.82, 2.24) is 0 Å². The molecule has 0 spiro atoms. The first-order valence-corrected chi connectivity index (χ1v) is 9.04. The Morgan fingerprint density at radius 2 is 1.45 bits per heavy atom. The minimum Gasteiger partial charge on any atom is -0.459 e. The smallest absolute Gasteiger partial charge is 0.338 e. The Bertz CT molecular complexity index is 810. The molecule has 1 aliphatic rings. The topological polar surface area (TPSA) is 112 Å². The van der Waals surface area contributed by atoms with Gasteiger partial charge in [0.1, 0.15) is 24.9 Å². The summed E-state index contributed by atoms with van der Waals surface area (Å²) in [6.07, 6.45) is -6.44. The summed E-state index contributed by atoms with van der Waals surface area (Å²) in [4.78, 5) is 24.5. The molecule has 2 aromatic carbocycles. The summed E-state index contributed by atoms with van der Waals surface area (Å²) in [6, 6.07) is 16.5. The molecule has 8 heteroatoms. The van der Waals surface area contributed by atoms with Crippen molar-refractivity contribution in [3.05, 3.63) is 71.8 Å². The van der Waals surface area contributed by atoms with Crippen molar-refractivity contribution < 1.29 is 38.7 Å². The van der Waals surface area contributed by atoms with Gasteiger partial charge in [0.2, 0.25) is 0 Å². The molecule has 0 unspecified atom stereocenters. The van der Waals surface area contributed by atoms with E-state index in [-0.39, 0.29) is 12.2 Å². The molecule has 154 valence electrons. The fourth-order valence-electron chi connectivity index (χ4n) is 2.96. The maximum Gasteiger partial charge on any atom is 0.338 e. The number of rotatable bonds is 6. The second kappa shape index (κ2) is 9.62. The molecule has 1 fully saturated rings. The van der Waals surface area contributed by atoms with E-state index in [0.717, 1.165) is 0 Å². The predicted molar refractivity (Wildman–Crippen MR) is 100 cm³/mol. The SMILES string of the molecule is CO[C@@H]1O[C@H](COC(=O)c2ccccc2)[C@@H](O)[C@H](OC(=O)c2ccccc2)[C@@H]1O. The largest absolute Gasteiger partial charge is 0.459 e. The van der Waals surface area contributed by atoms with Crippen molar-refractivity contribution in [3.8, 4) is 0 Å². The fourth-order valence-corrected chi connectivity index (χ4v) is 2.96. The van der Waals surface area contributed by atoms with Crippen LogP contribution in [0.25, 0.3) is 0 Å². The summed E-state index contributed by atoms with van der Waals surface area (Å²) >= 11 is 0. The number of hydrogen-bond donors (Lipinski definition) is 2. The molecule has 0 saturated carbocycles. The lowest BCUT2D eigenvalue weighted by Gasteiger charge is -2.41. The molecule has 5 atom stereocenters. The summed E-state index contributed by atoms with van der Waals surface area (Å²) in [5.41, 5.74) is 0.604. The van der Waals surface area contributed by atoms with Crippen molar-refractivity contribution in [2.75, 3.05) is 13.7 Å². The van der Waals surface area contributed by atoms with Crippen molar-refractivity contribution >= 4 is 11.9 Å². The van der Waals surface area contributed by atoms with Gasteiger partial charge in [-0.3, -0.25) is 0 Å². The summed E-state index contributed by atoms with van der Waals surface area (Å²) in [6.45, 7) is -0.319. The monoisotopic (exact) mass is 402 g/mol. The van der Waals surface area contributed by atoms with E-state index >= 15 is 0 Å². The normalized spacial score (nSPS) is 26.5. The van der Waals surface area contributed by atoms with E-state index in [2.05, 4.69) is 0 Å². The Balaban J connectivity index is 1.68. The first-order valence-electron chi connectivity index (χ1n) is 9.04. The number of aliphatic hydroxyl groups excluding tert-OH is 2. The lowest BCUT2D eigenvalue weighted by atomic mass is 9.99. The third-order valence-electron chi connectivity index (χ3n) is 4.51. The van der Waals surface area contributed by atoms with Crippen LogP contribution in [0.3, 0.4) is 0 Å². The molecule has 2 aromatic rings. The van der Waals surface area contributed by atoms with Crippen LogP contribution in [0.2, 0.25) is 0 Å². The van der Waals surface area contributed by atoms with Gasteiger partial charge in [-0.25, -0.2) is 9.59 Å². The van der Waals surface area contributed by atoms with Crippen LogP contribution in [-0.4, -0.2) is 66.6 Å². The molecule has 3 rings (SSSR count). The third kappa shape index (κ3) is 4.99. The third-order valence-corrected chi connectivity index (χ3v) is 4.51. The van der Waals surface area contributed by atoms with Crippen molar-refractivity contribution in [3.63, 3.8) is 0 Å². The molecule has 1 saturated heterocycles. The summed E-state index contributed by atoms with van der Waals surface area (Å²) in [5, 5.41) is 21.0. The van der Waals surface area contributed by atoms with Gasteiger partial charge in [-0.1, -0.05) is 36.4 Å². The van der Waals surface area contributed by atoms with Gasteiger partial charge in [-0.15, -0.1) is 0 Å². The summed E-state index contributed by atoms with van der Waals surface area (Å²) < 4.78 is 21.1. The highest BCUT2D eigenvalue weighted by Gasteiger charge is 2.47. The van der Waals surface area contributed by atoms with Crippen LogP contribution < -0.4 is 0 Å².